The second-order valence-electron chi connectivity index (χ2n) is 10.5. The average molecular weight is 693 g/mol. The lowest BCUT2D eigenvalue weighted by Crippen LogP contribution is -2.41. The minimum Gasteiger partial charge on any atom is -0.496 e. The lowest BCUT2D eigenvalue weighted by Gasteiger charge is -2.34. The van der Waals surface area contributed by atoms with Crippen LogP contribution >= 0.6 is 15.9 Å². The lowest BCUT2D eigenvalue weighted by atomic mass is 10.1. The number of piperidine rings is 1. The Kier molecular flexibility index (Phi) is 10.1. The minimum atomic E-state index is -3.72. The molecule has 1 aliphatic heterocycles. The molecule has 0 aliphatic carbocycles. The monoisotopic (exact) mass is 691 g/mol. The summed E-state index contributed by atoms with van der Waals surface area (Å²) in [5.74, 6) is -0.602. The molecular formula is C34H34BrN3O6S. The highest BCUT2D eigenvalue weighted by atomic mass is 79.9. The van der Waals surface area contributed by atoms with Gasteiger partial charge in [-0.15, -0.1) is 0 Å². The Balaban J connectivity index is 1.50. The van der Waals surface area contributed by atoms with Crippen molar-refractivity contribution in [2.45, 2.75) is 35.5 Å². The Labute approximate surface area is 271 Å². The van der Waals surface area contributed by atoms with E-state index in [4.69, 9.17) is 9.47 Å². The number of esters is 1. The maximum atomic E-state index is 13.7. The quantitative estimate of drug-likeness (QED) is 0.149. The van der Waals surface area contributed by atoms with Gasteiger partial charge < -0.3 is 14.4 Å². The van der Waals surface area contributed by atoms with Crippen LogP contribution in [0.25, 0.3) is 0 Å². The number of hydrogen-bond donors (Lipinski definition) is 1. The van der Waals surface area contributed by atoms with E-state index in [2.05, 4.69) is 26.3 Å². The number of anilines is 3. The van der Waals surface area contributed by atoms with Gasteiger partial charge in [0.1, 0.15) is 11.3 Å². The van der Waals surface area contributed by atoms with Gasteiger partial charge >= 0.3 is 5.97 Å². The number of hydrogen-bond acceptors (Lipinski definition) is 8. The van der Waals surface area contributed by atoms with Crippen LogP contribution in [0.1, 0.15) is 35.2 Å². The molecule has 1 heterocycles. The number of nitrogens with one attached hydrogen (secondary N) is 1. The van der Waals surface area contributed by atoms with Gasteiger partial charge in [0, 0.05) is 17.6 Å². The fraction of sp³-hybridized carbons (Fsp3) is 0.235. The highest BCUT2D eigenvalue weighted by Gasteiger charge is 2.24. The zero-order chi connectivity index (χ0) is 32.0. The van der Waals surface area contributed by atoms with E-state index in [1.807, 2.05) is 24.3 Å². The summed E-state index contributed by atoms with van der Waals surface area (Å²) >= 11 is 3.48. The summed E-state index contributed by atoms with van der Waals surface area (Å²) in [7, 11) is -0.989. The summed E-state index contributed by atoms with van der Waals surface area (Å²) in [6.45, 7) is 1.79. The number of sulfone groups is 1. The summed E-state index contributed by atoms with van der Waals surface area (Å²) in [6.07, 6.45) is 3.28. The van der Waals surface area contributed by atoms with E-state index in [1.165, 1.54) is 20.6 Å². The minimum absolute atomic E-state index is 0.0404. The number of carbonyl (C=O) groups excluding carboxylic acids is 2. The molecule has 0 spiro atoms. The molecular weight excluding hydrogens is 658 g/mol. The van der Waals surface area contributed by atoms with Crippen LogP contribution in [0.3, 0.4) is 0 Å². The van der Waals surface area contributed by atoms with E-state index < -0.39 is 15.8 Å². The second-order valence-corrected chi connectivity index (χ2v) is 13.3. The fourth-order valence-electron chi connectivity index (χ4n) is 5.34. The number of nitrogens with zero attached hydrogens (tertiary/aromatic N) is 2. The van der Waals surface area contributed by atoms with Gasteiger partial charge in [-0.2, -0.15) is 0 Å². The fourth-order valence-corrected chi connectivity index (χ4v) is 7.10. The van der Waals surface area contributed by atoms with Gasteiger partial charge in [0.15, 0.2) is 0 Å². The van der Waals surface area contributed by atoms with Crippen LogP contribution in [-0.2, 0) is 25.8 Å². The average Bonchev–Trinajstić information content (AvgIpc) is 3.08. The van der Waals surface area contributed by atoms with Crippen LogP contribution in [0.4, 0.5) is 17.1 Å². The van der Waals surface area contributed by atoms with Crippen molar-refractivity contribution in [1.29, 1.82) is 0 Å². The first-order valence-corrected chi connectivity index (χ1v) is 16.8. The Morgan fingerprint density at radius 1 is 0.867 bits per heavy atom. The molecule has 0 atom stereocenters. The van der Waals surface area contributed by atoms with Crippen molar-refractivity contribution in [3.8, 4) is 5.75 Å². The van der Waals surface area contributed by atoms with E-state index in [-0.39, 0.29) is 33.4 Å². The van der Waals surface area contributed by atoms with Crippen molar-refractivity contribution >= 4 is 54.7 Å². The molecule has 9 nitrogen and oxygen atoms in total. The van der Waals surface area contributed by atoms with Crippen LogP contribution in [0.15, 0.2) is 105 Å². The predicted octanol–water partition coefficient (Wildman–Crippen LogP) is 6.48. The van der Waals surface area contributed by atoms with Crippen LogP contribution in [0, 0.1) is 0 Å². The smallest absolute Gasteiger partial charge is 0.341 e. The van der Waals surface area contributed by atoms with Gasteiger partial charge in [-0.25, -0.2) is 13.2 Å². The summed E-state index contributed by atoms with van der Waals surface area (Å²) in [4.78, 5) is 28.6. The first-order chi connectivity index (χ1) is 21.7. The molecule has 234 valence electrons. The molecule has 4 aromatic carbocycles. The van der Waals surface area contributed by atoms with Gasteiger partial charge in [-0.3, -0.25) is 15.2 Å². The number of ether oxygens (including phenoxy) is 2. The maximum Gasteiger partial charge on any atom is 0.341 e. The number of amides is 1. The van der Waals surface area contributed by atoms with Gasteiger partial charge in [-0.05, 0) is 85.5 Å². The molecule has 0 unspecified atom stereocenters. The Morgan fingerprint density at radius 3 is 2.18 bits per heavy atom. The predicted molar refractivity (Wildman–Crippen MR) is 177 cm³/mol. The number of methoxy groups -OCH3 is 2. The molecule has 1 N–H and O–H groups in total. The first kappa shape index (κ1) is 32.1. The van der Waals surface area contributed by atoms with Crippen LogP contribution in [0.5, 0.6) is 5.75 Å². The number of halogens is 1. The summed E-state index contributed by atoms with van der Waals surface area (Å²) < 4.78 is 37.3. The lowest BCUT2D eigenvalue weighted by molar-refractivity contribution is -0.120. The summed E-state index contributed by atoms with van der Waals surface area (Å²) in [5.41, 5.74) is 6.18. The normalized spacial score (nSPS) is 13.2. The molecule has 5 rings (SSSR count). The molecule has 0 bridgehead atoms. The number of benzene rings is 4. The topological polar surface area (TPSA) is 105 Å². The van der Waals surface area contributed by atoms with Crippen molar-refractivity contribution in [2.75, 3.05) is 37.2 Å². The molecule has 4 aromatic rings. The third-order valence-corrected chi connectivity index (χ3v) is 10.2. The second kappa shape index (κ2) is 14.2. The van der Waals surface area contributed by atoms with Crippen LogP contribution in [-0.4, -0.2) is 47.6 Å². The number of rotatable bonds is 10. The highest BCUT2D eigenvalue weighted by molar-refractivity contribution is 9.10. The summed E-state index contributed by atoms with van der Waals surface area (Å²) in [6, 6.07) is 25.8. The van der Waals surface area contributed by atoms with Gasteiger partial charge in [0.25, 0.3) is 0 Å². The maximum absolute atomic E-state index is 13.7. The molecule has 1 saturated heterocycles. The van der Waals surface area contributed by atoms with Gasteiger partial charge in [-0.1, -0.05) is 46.3 Å². The SMILES string of the molecule is COC(=O)c1cc(Br)c(CC(=O)NN(c2ccc(S(=O)(=O)c3ccccc3)cc2)c2ccccc2N2CCCCC2)cc1OC. The highest BCUT2D eigenvalue weighted by Crippen LogP contribution is 2.36. The molecule has 45 heavy (non-hydrogen) atoms. The Morgan fingerprint density at radius 2 is 1.51 bits per heavy atom. The van der Waals surface area contributed by atoms with Gasteiger partial charge in [0.05, 0.1) is 47.5 Å². The standard InChI is InChI=1S/C34H34BrN3O6S/c1-43-32-21-24(29(35)23-28(32)34(40)44-2)22-33(39)36-38(31-14-8-7-13-30(31)37-19-9-4-10-20-37)25-15-17-27(18-16-25)45(41,42)26-11-5-3-6-12-26/h3,5-8,11-18,21,23H,4,9-10,19-20,22H2,1-2H3,(H,36,39). The van der Waals surface area contributed by atoms with Crippen molar-refractivity contribution in [3.05, 3.63) is 107 Å². The molecule has 0 radical (unpaired) electrons. The largest absolute Gasteiger partial charge is 0.496 e. The zero-order valence-corrected chi connectivity index (χ0v) is 27.4. The third-order valence-electron chi connectivity index (χ3n) is 7.64. The van der Waals surface area contributed by atoms with Crippen molar-refractivity contribution in [1.82, 2.24) is 5.43 Å². The summed E-state index contributed by atoms with van der Waals surface area (Å²) in [5, 5.41) is 1.69. The number of hydrazine groups is 1. The number of carbonyl (C=O) groups is 2. The van der Waals surface area contributed by atoms with Crippen molar-refractivity contribution < 1.29 is 27.5 Å². The van der Waals surface area contributed by atoms with E-state index >= 15 is 0 Å². The van der Waals surface area contributed by atoms with Crippen molar-refractivity contribution in [2.24, 2.45) is 0 Å². The first-order valence-electron chi connectivity index (χ1n) is 14.5. The van der Waals surface area contributed by atoms with E-state index in [1.54, 1.807) is 71.7 Å². The van der Waals surface area contributed by atoms with Crippen molar-refractivity contribution in [3.63, 3.8) is 0 Å². The van der Waals surface area contributed by atoms with E-state index in [0.717, 1.165) is 37.3 Å². The van der Waals surface area contributed by atoms with Gasteiger partial charge in [0.2, 0.25) is 15.7 Å². The number of para-hydroxylation sites is 2. The van der Waals surface area contributed by atoms with Crippen LogP contribution in [0.2, 0.25) is 0 Å². The molecule has 11 heteroatoms. The molecule has 1 aliphatic rings. The third kappa shape index (κ3) is 7.15. The molecule has 0 aromatic heterocycles. The molecule has 1 amide bonds. The molecule has 0 saturated carbocycles. The Hall–Kier alpha value is -4.35. The van der Waals surface area contributed by atoms with E-state index in [0.29, 0.717) is 15.7 Å². The molecule has 1 fully saturated rings. The zero-order valence-electron chi connectivity index (χ0n) is 25.0. The van der Waals surface area contributed by atoms with Crippen LogP contribution < -0.4 is 20.1 Å². The van der Waals surface area contributed by atoms with E-state index in [9.17, 15) is 18.0 Å². The Bertz CT molecular complexity index is 1780.